The molecule has 100 valence electrons. The molecule has 0 bridgehead atoms. The third-order valence-electron chi connectivity index (χ3n) is 1.98. The number of carboxylic acids is 2. The zero-order chi connectivity index (χ0) is 14.3. The van der Waals surface area contributed by atoms with Crippen molar-refractivity contribution in [1.29, 1.82) is 0 Å². The fraction of sp³-hybridized carbons (Fsp3) is 0.400. The van der Waals surface area contributed by atoms with Gasteiger partial charge in [0.05, 0.1) is 38.2 Å². The van der Waals surface area contributed by atoms with E-state index in [2.05, 4.69) is 9.47 Å². The van der Waals surface area contributed by atoms with E-state index in [9.17, 15) is 19.2 Å². The maximum atomic E-state index is 11.0. The highest BCUT2D eigenvalue weighted by Crippen LogP contribution is 2.15. The molecule has 0 fully saturated rings. The van der Waals surface area contributed by atoms with Gasteiger partial charge in [-0.1, -0.05) is 0 Å². The predicted octanol–water partition coefficient (Wildman–Crippen LogP) is -0.422. The smallest absolute Gasteiger partial charge is 0.332 e. The lowest BCUT2D eigenvalue weighted by molar-refractivity contribution is -0.144. The number of esters is 2. The maximum Gasteiger partial charge on any atom is 0.332 e. The van der Waals surface area contributed by atoms with Gasteiger partial charge in [0.2, 0.25) is 0 Å². The highest BCUT2D eigenvalue weighted by Gasteiger charge is 2.25. The van der Waals surface area contributed by atoms with Crippen LogP contribution in [0.2, 0.25) is 0 Å². The minimum absolute atomic E-state index is 0.709. The number of carbonyl (C=O) groups is 4. The normalized spacial score (nSPS) is 11.2. The lowest BCUT2D eigenvalue weighted by Gasteiger charge is -2.07. The zero-order valence-electron chi connectivity index (χ0n) is 9.76. The highest BCUT2D eigenvalue weighted by atomic mass is 16.5. The van der Waals surface area contributed by atoms with Crippen molar-refractivity contribution in [3.63, 3.8) is 0 Å². The molecule has 0 spiro atoms. The van der Waals surface area contributed by atoms with Gasteiger partial charge in [0.1, 0.15) is 0 Å². The number of methoxy groups -OCH3 is 2. The molecule has 0 saturated carbocycles. The summed E-state index contributed by atoms with van der Waals surface area (Å²) in [7, 11) is 2.06. The van der Waals surface area contributed by atoms with E-state index in [4.69, 9.17) is 10.2 Å². The van der Waals surface area contributed by atoms with Crippen LogP contribution in [0.4, 0.5) is 0 Å². The summed E-state index contributed by atoms with van der Waals surface area (Å²) < 4.78 is 8.49. The average molecular weight is 260 g/mol. The van der Waals surface area contributed by atoms with Gasteiger partial charge in [-0.25, -0.2) is 9.59 Å². The molecule has 18 heavy (non-hydrogen) atoms. The first-order valence-corrected chi connectivity index (χ1v) is 4.65. The van der Waals surface area contributed by atoms with Crippen LogP contribution in [0.5, 0.6) is 0 Å². The predicted molar refractivity (Wildman–Crippen MR) is 55.6 cm³/mol. The molecule has 8 nitrogen and oxygen atoms in total. The van der Waals surface area contributed by atoms with Crippen LogP contribution in [0.1, 0.15) is 12.8 Å². The molecule has 0 atom stereocenters. The fourth-order valence-corrected chi connectivity index (χ4v) is 1.06. The van der Waals surface area contributed by atoms with Crippen molar-refractivity contribution < 1.29 is 38.9 Å². The molecule has 0 amide bonds. The van der Waals surface area contributed by atoms with Gasteiger partial charge in [0.25, 0.3) is 0 Å². The number of hydrogen-bond donors (Lipinski definition) is 2. The molecular formula is C10H12O8. The Morgan fingerprint density at radius 3 is 1.22 bits per heavy atom. The van der Waals surface area contributed by atoms with Gasteiger partial charge >= 0.3 is 23.9 Å². The summed E-state index contributed by atoms with van der Waals surface area (Å²) in [5.74, 6) is -5.06. The molecule has 2 N–H and O–H groups in total. The molecule has 0 radical (unpaired) electrons. The Morgan fingerprint density at radius 2 is 1.06 bits per heavy atom. The first-order valence-electron chi connectivity index (χ1n) is 4.65. The summed E-state index contributed by atoms with van der Waals surface area (Å²) >= 11 is 0. The number of carboxylic acid groups (broad SMARTS) is 2. The molecule has 0 aromatic carbocycles. The second-order valence-corrected chi connectivity index (χ2v) is 3.07. The average Bonchev–Trinajstić information content (AvgIpc) is 2.31. The van der Waals surface area contributed by atoms with E-state index < -0.39 is 47.9 Å². The number of hydrogen-bond acceptors (Lipinski definition) is 6. The standard InChI is InChI=1S/C10H12O8/c1-17-7(11)3-5(9(13)14)6(10(15)16)4-8(12)18-2/h3-4H2,1-2H3,(H,13,14)(H,15,16). The first kappa shape index (κ1) is 15.6. The summed E-state index contributed by atoms with van der Waals surface area (Å²) in [5, 5.41) is 17.7. The van der Waals surface area contributed by atoms with E-state index in [-0.39, 0.29) is 0 Å². The van der Waals surface area contributed by atoms with E-state index in [0.29, 0.717) is 0 Å². The van der Waals surface area contributed by atoms with Crippen LogP contribution in [0.3, 0.4) is 0 Å². The van der Waals surface area contributed by atoms with Crippen molar-refractivity contribution in [3.05, 3.63) is 11.1 Å². The Bertz CT molecular complexity index is 368. The van der Waals surface area contributed by atoms with Crippen molar-refractivity contribution in [2.24, 2.45) is 0 Å². The lowest BCUT2D eigenvalue weighted by Crippen LogP contribution is -2.18. The van der Waals surface area contributed by atoms with Gasteiger partial charge in [-0.3, -0.25) is 9.59 Å². The number of ether oxygens (including phenoxy) is 2. The van der Waals surface area contributed by atoms with Crippen molar-refractivity contribution in [3.8, 4) is 0 Å². The topological polar surface area (TPSA) is 127 Å². The largest absolute Gasteiger partial charge is 0.478 e. The van der Waals surface area contributed by atoms with Gasteiger partial charge in [-0.15, -0.1) is 0 Å². The van der Waals surface area contributed by atoms with Gasteiger partial charge in [0, 0.05) is 0 Å². The quantitative estimate of drug-likeness (QED) is 0.486. The second kappa shape index (κ2) is 7.05. The van der Waals surface area contributed by atoms with Crippen LogP contribution < -0.4 is 0 Å². The second-order valence-electron chi connectivity index (χ2n) is 3.07. The lowest BCUT2D eigenvalue weighted by atomic mass is 10.0. The number of carbonyl (C=O) groups excluding carboxylic acids is 2. The van der Waals surface area contributed by atoms with Gasteiger partial charge < -0.3 is 19.7 Å². The maximum absolute atomic E-state index is 11.0. The summed E-state index contributed by atoms with van der Waals surface area (Å²) in [6, 6.07) is 0. The Morgan fingerprint density at radius 1 is 0.778 bits per heavy atom. The summed E-state index contributed by atoms with van der Waals surface area (Å²) in [4.78, 5) is 43.7. The third-order valence-corrected chi connectivity index (χ3v) is 1.98. The van der Waals surface area contributed by atoms with E-state index in [1.165, 1.54) is 0 Å². The third kappa shape index (κ3) is 4.64. The summed E-state index contributed by atoms with van der Waals surface area (Å²) in [6.45, 7) is 0. The molecule has 0 saturated heterocycles. The van der Waals surface area contributed by atoms with Gasteiger partial charge in [-0.05, 0) is 0 Å². The van der Waals surface area contributed by atoms with Crippen molar-refractivity contribution in [1.82, 2.24) is 0 Å². The minimum atomic E-state index is -1.61. The van der Waals surface area contributed by atoms with E-state index >= 15 is 0 Å². The Balaban J connectivity index is 5.43. The van der Waals surface area contributed by atoms with Crippen molar-refractivity contribution >= 4 is 23.9 Å². The molecule has 0 heterocycles. The monoisotopic (exact) mass is 260 g/mol. The minimum Gasteiger partial charge on any atom is -0.478 e. The molecular weight excluding hydrogens is 248 g/mol. The molecule has 0 unspecified atom stereocenters. The van der Waals surface area contributed by atoms with E-state index in [1.807, 2.05) is 0 Å². The molecule has 0 rings (SSSR count). The zero-order valence-corrected chi connectivity index (χ0v) is 9.76. The fourth-order valence-electron chi connectivity index (χ4n) is 1.06. The molecule has 0 aliphatic heterocycles. The van der Waals surface area contributed by atoms with Crippen LogP contribution >= 0.6 is 0 Å². The Hall–Kier alpha value is -2.38. The van der Waals surface area contributed by atoms with E-state index in [0.717, 1.165) is 14.2 Å². The van der Waals surface area contributed by atoms with Gasteiger partial charge in [0.15, 0.2) is 0 Å². The Labute approximate surface area is 102 Å². The molecule has 0 aromatic heterocycles. The number of aliphatic carboxylic acids is 2. The molecule has 0 aliphatic carbocycles. The number of rotatable bonds is 6. The molecule has 8 heteroatoms. The summed E-state index contributed by atoms with van der Waals surface area (Å²) in [6.07, 6.45) is -1.49. The molecule has 0 aliphatic rings. The van der Waals surface area contributed by atoms with Crippen molar-refractivity contribution in [2.45, 2.75) is 12.8 Å². The van der Waals surface area contributed by atoms with E-state index in [1.54, 1.807) is 0 Å². The first-order chi connectivity index (χ1) is 8.33. The van der Waals surface area contributed by atoms with Crippen molar-refractivity contribution in [2.75, 3.05) is 14.2 Å². The van der Waals surface area contributed by atoms with Crippen LogP contribution in [0, 0.1) is 0 Å². The van der Waals surface area contributed by atoms with Crippen LogP contribution in [-0.2, 0) is 28.7 Å². The van der Waals surface area contributed by atoms with Crippen LogP contribution in [-0.4, -0.2) is 48.3 Å². The highest BCUT2D eigenvalue weighted by molar-refractivity contribution is 6.03. The van der Waals surface area contributed by atoms with Gasteiger partial charge in [-0.2, -0.15) is 0 Å². The Kier molecular flexibility index (Phi) is 6.11. The van der Waals surface area contributed by atoms with Crippen LogP contribution in [0.15, 0.2) is 11.1 Å². The van der Waals surface area contributed by atoms with Crippen LogP contribution in [0.25, 0.3) is 0 Å². The SMILES string of the molecule is COC(=O)CC(C(=O)O)=C(CC(=O)OC)C(=O)O. The molecule has 0 aromatic rings. The summed E-state index contributed by atoms with van der Waals surface area (Å²) in [5.41, 5.74) is -1.42.